The van der Waals surface area contributed by atoms with Crippen molar-refractivity contribution in [3.05, 3.63) is 22.4 Å². The monoisotopic (exact) mass is 299 g/mol. The highest BCUT2D eigenvalue weighted by Crippen LogP contribution is 2.11. The van der Waals surface area contributed by atoms with Crippen LogP contribution < -0.4 is 0 Å². The number of thiophene rings is 1. The van der Waals surface area contributed by atoms with Crippen LogP contribution >= 0.6 is 11.3 Å². The SMILES string of the molecule is O=C(CS(=O)CC(=O)N1CCCCC1)c1cccs1. The van der Waals surface area contributed by atoms with E-state index in [1.807, 2.05) is 5.38 Å². The third-order valence-corrected chi connectivity index (χ3v) is 5.15. The molecule has 0 spiro atoms. The average molecular weight is 299 g/mol. The largest absolute Gasteiger partial charge is 0.342 e. The van der Waals surface area contributed by atoms with Gasteiger partial charge in [0.15, 0.2) is 5.78 Å². The Morgan fingerprint density at radius 2 is 1.95 bits per heavy atom. The molecule has 1 aliphatic rings. The molecule has 0 aromatic carbocycles. The van der Waals surface area contributed by atoms with E-state index in [1.54, 1.807) is 17.0 Å². The van der Waals surface area contributed by atoms with Crippen LogP contribution in [0, 0.1) is 0 Å². The smallest absolute Gasteiger partial charge is 0.235 e. The van der Waals surface area contributed by atoms with Gasteiger partial charge < -0.3 is 4.90 Å². The molecule has 1 amide bonds. The predicted molar refractivity (Wildman–Crippen MR) is 77.0 cm³/mol. The van der Waals surface area contributed by atoms with Crippen LogP contribution in [0.1, 0.15) is 28.9 Å². The number of nitrogens with zero attached hydrogens (tertiary/aromatic N) is 1. The van der Waals surface area contributed by atoms with Crippen molar-refractivity contribution in [2.24, 2.45) is 0 Å². The van der Waals surface area contributed by atoms with Crippen LogP contribution in [-0.4, -0.2) is 45.4 Å². The van der Waals surface area contributed by atoms with Gasteiger partial charge in [-0.1, -0.05) is 6.07 Å². The number of ketones is 1. The van der Waals surface area contributed by atoms with Crippen LogP contribution in [0.2, 0.25) is 0 Å². The van der Waals surface area contributed by atoms with Crippen LogP contribution in [0.25, 0.3) is 0 Å². The van der Waals surface area contributed by atoms with Gasteiger partial charge in [-0.25, -0.2) is 0 Å². The predicted octanol–water partition coefficient (Wildman–Crippen LogP) is 1.69. The van der Waals surface area contributed by atoms with Gasteiger partial charge in [-0.3, -0.25) is 13.8 Å². The summed E-state index contributed by atoms with van der Waals surface area (Å²) in [5.41, 5.74) is 0. The Morgan fingerprint density at radius 1 is 1.21 bits per heavy atom. The zero-order valence-corrected chi connectivity index (χ0v) is 12.3. The van der Waals surface area contributed by atoms with E-state index in [0.29, 0.717) is 4.88 Å². The molecule has 1 unspecified atom stereocenters. The second-order valence-corrected chi connectivity index (χ2v) is 6.98. The summed E-state index contributed by atoms with van der Waals surface area (Å²) in [6, 6.07) is 3.51. The van der Waals surface area contributed by atoms with Crippen molar-refractivity contribution in [3.63, 3.8) is 0 Å². The number of piperidine rings is 1. The summed E-state index contributed by atoms with van der Waals surface area (Å²) < 4.78 is 11.8. The highest BCUT2D eigenvalue weighted by atomic mass is 32.2. The molecule has 6 heteroatoms. The second kappa shape index (κ2) is 6.96. The van der Waals surface area contributed by atoms with E-state index in [-0.39, 0.29) is 23.2 Å². The molecule has 104 valence electrons. The van der Waals surface area contributed by atoms with Gasteiger partial charge in [0.2, 0.25) is 5.91 Å². The van der Waals surface area contributed by atoms with E-state index >= 15 is 0 Å². The summed E-state index contributed by atoms with van der Waals surface area (Å²) >= 11 is 1.34. The van der Waals surface area contributed by atoms with Gasteiger partial charge in [-0.15, -0.1) is 11.3 Å². The number of hydrogen-bond donors (Lipinski definition) is 0. The lowest BCUT2D eigenvalue weighted by Crippen LogP contribution is -2.38. The number of rotatable bonds is 5. The second-order valence-electron chi connectivity index (χ2n) is 4.57. The first-order chi connectivity index (χ1) is 9.16. The zero-order chi connectivity index (χ0) is 13.7. The first kappa shape index (κ1) is 14.4. The van der Waals surface area contributed by atoms with E-state index in [0.717, 1.165) is 32.4 Å². The minimum absolute atomic E-state index is 0.0306. The fourth-order valence-corrected chi connectivity index (χ4v) is 3.84. The maximum atomic E-state index is 11.9. The normalized spacial score (nSPS) is 17.2. The highest BCUT2D eigenvalue weighted by Gasteiger charge is 2.20. The molecule has 0 radical (unpaired) electrons. The average Bonchev–Trinajstić information content (AvgIpc) is 2.93. The third kappa shape index (κ3) is 4.24. The molecule has 0 bridgehead atoms. The Hall–Kier alpha value is -1.01. The van der Waals surface area contributed by atoms with Crippen molar-refractivity contribution >= 4 is 33.8 Å². The molecule has 2 heterocycles. The quantitative estimate of drug-likeness (QED) is 0.778. The summed E-state index contributed by atoms with van der Waals surface area (Å²) in [6.45, 7) is 1.52. The molecule has 1 aliphatic heterocycles. The van der Waals surface area contributed by atoms with Crippen LogP contribution in [0.15, 0.2) is 17.5 Å². The van der Waals surface area contributed by atoms with Gasteiger partial charge in [0.1, 0.15) is 5.75 Å². The van der Waals surface area contributed by atoms with Crippen LogP contribution in [-0.2, 0) is 15.6 Å². The Labute approximate surface area is 119 Å². The van der Waals surface area contributed by atoms with Crippen molar-refractivity contribution < 1.29 is 13.8 Å². The van der Waals surface area contributed by atoms with Crippen molar-refractivity contribution in [2.45, 2.75) is 19.3 Å². The van der Waals surface area contributed by atoms with Crippen LogP contribution in [0.5, 0.6) is 0 Å². The minimum Gasteiger partial charge on any atom is -0.342 e. The van der Waals surface area contributed by atoms with Gasteiger partial charge in [0, 0.05) is 23.9 Å². The molecule has 1 aromatic heterocycles. The number of hydrogen-bond acceptors (Lipinski definition) is 4. The topological polar surface area (TPSA) is 54.5 Å². The van der Waals surface area contributed by atoms with Crippen LogP contribution in [0.4, 0.5) is 0 Å². The Balaban J connectivity index is 1.80. The van der Waals surface area contributed by atoms with Crippen molar-refractivity contribution in [1.82, 2.24) is 4.90 Å². The van der Waals surface area contributed by atoms with Gasteiger partial charge >= 0.3 is 0 Å². The molecule has 0 saturated carbocycles. The Kier molecular flexibility index (Phi) is 5.27. The lowest BCUT2D eigenvalue weighted by Gasteiger charge is -2.26. The molecule has 0 N–H and O–H groups in total. The minimum atomic E-state index is -1.40. The lowest BCUT2D eigenvalue weighted by molar-refractivity contribution is -0.129. The Morgan fingerprint density at radius 3 is 2.58 bits per heavy atom. The van der Waals surface area contributed by atoms with Crippen LogP contribution in [0.3, 0.4) is 0 Å². The number of Topliss-reactive ketones (excluding diaryl/α,β-unsaturated/α-hetero) is 1. The maximum absolute atomic E-state index is 11.9. The van der Waals surface area contributed by atoms with E-state index in [9.17, 15) is 13.8 Å². The van der Waals surface area contributed by atoms with E-state index in [4.69, 9.17) is 0 Å². The fraction of sp³-hybridized carbons (Fsp3) is 0.538. The highest BCUT2D eigenvalue weighted by molar-refractivity contribution is 7.86. The maximum Gasteiger partial charge on any atom is 0.235 e. The Bertz CT molecular complexity index is 464. The van der Waals surface area contributed by atoms with Crippen molar-refractivity contribution in [1.29, 1.82) is 0 Å². The molecule has 2 rings (SSSR count). The fourth-order valence-electron chi connectivity index (χ4n) is 2.08. The number of carbonyl (C=O) groups is 2. The number of amides is 1. The first-order valence-electron chi connectivity index (χ1n) is 6.36. The molecule has 4 nitrogen and oxygen atoms in total. The van der Waals surface area contributed by atoms with E-state index < -0.39 is 10.8 Å². The zero-order valence-electron chi connectivity index (χ0n) is 10.7. The van der Waals surface area contributed by atoms with E-state index in [2.05, 4.69) is 0 Å². The lowest BCUT2D eigenvalue weighted by atomic mass is 10.1. The molecule has 0 aliphatic carbocycles. The third-order valence-electron chi connectivity index (χ3n) is 3.08. The number of carbonyl (C=O) groups excluding carboxylic acids is 2. The van der Waals surface area contributed by atoms with Gasteiger partial charge in [0.05, 0.1) is 10.6 Å². The molecular weight excluding hydrogens is 282 g/mol. The first-order valence-corrected chi connectivity index (χ1v) is 8.73. The molecule has 1 aromatic rings. The summed E-state index contributed by atoms with van der Waals surface area (Å²) in [6.07, 6.45) is 3.20. The van der Waals surface area contributed by atoms with Gasteiger partial charge in [-0.05, 0) is 30.7 Å². The molecule has 19 heavy (non-hydrogen) atoms. The summed E-state index contributed by atoms with van der Waals surface area (Å²) in [7, 11) is -1.40. The van der Waals surface area contributed by atoms with Gasteiger partial charge in [-0.2, -0.15) is 0 Å². The standard InChI is InChI=1S/C13H17NO3S2/c15-11(12-5-4-8-18-12)9-19(17)10-13(16)14-6-2-1-3-7-14/h4-5,8H,1-3,6-7,9-10H2. The summed E-state index contributed by atoms with van der Waals surface area (Å²) in [5, 5.41) is 1.81. The summed E-state index contributed by atoms with van der Waals surface area (Å²) in [5.74, 6) is -0.311. The van der Waals surface area contributed by atoms with Crippen molar-refractivity contribution in [2.75, 3.05) is 24.6 Å². The molecular formula is C13H17NO3S2. The molecule has 1 saturated heterocycles. The van der Waals surface area contributed by atoms with Crippen molar-refractivity contribution in [3.8, 4) is 0 Å². The molecule has 1 atom stereocenters. The van der Waals surface area contributed by atoms with E-state index in [1.165, 1.54) is 11.3 Å². The molecule has 1 fully saturated rings. The van der Waals surface area contributed by atoms with Gasteiger partial charge in [0.25, 0.3) is 0 Å². The number of likely N-dealkylation sites (tertiary alicyclic amines) is 1. The summed E-state index contributed by atoms with van der Waals surface area (Å²) in [4.78, 5) is 26.0.